The SMILES string of the molecule is CN(C)S(=O)(=O)N1CCCN(C(=O)Cc2ccc3c(c2)CCC3)CC1. The summed E-state index contributed by atoms with van der Waals surface area (Å²) in [4.78, 5) is 14.5. The van der Waals surface area contributed by atoms with Crippen molar-refractivity contribution in [1.29, 1.82) is 0 Å². The normalized spacial score (nSPS) is 19.1. The highest BCUT2D eigenvalue weighted by Crippen LogP contribution is 2.23. The van der Waals surface area contributed by atoms with E-state index in [0.29, 0.717) is 39.0 Å². The third-order valence-electron chi connectivity index (χ3n) is 5.11. The van der Waals surface area contributed by atoms with Gasteiger partial charge < -0.3 is 4.90 Å². The quantitative estimate of drug-likeness (QED) is 0.802. The third kappa shape index (κ3) is 4.04. The van der Waals surface area contributed by atoms with E-state index in [9.17, 15) is 13.2 Å². The minimum Gasteiger partial charge on any atom is -0.341 e. The number of benzene rings is 1. The first-order valence-electron chi connectivity index (χ1n) is 8.94. The Balaban J connectivity index is 1.62. The van der Waals surface area contributed by atoms with Gasteiger partial charge in [-0.2, -0.15) is 17.0 Å². The average molecular weight is 365 g/mol. The number of carbonyl (C=O) groups excluding carboxylic acids is 1. The molecule has 1 saturated heterocycles. The molecule has 25 heavy (non-hydrogen) atoms. The molecule has 0 radical (unpaired) electrons. The first-order chi connectivity index (χ1) is 11.9. The highest BCUT2D eigenvalue weighted by atomic mass is 32.2. The lowest BCUT2D eigenvalue weighted by Gasteiger charge is -2.24. The van der Waals surface area contributed by atoms with Crippen molar-refractivity contribution in [3.63, 3.8) is 0 Å². The molecule has 1 aliphatic carbocycles. The number of nitrogens with zero attached hydrogens (tertiary/aromatic N) is 3. The molecule has 0 aromatic heterocycles. The molecule has 138 valence electrons. The summed E-state index contributed by atoms with van der Waals surface area (Å²) >= 11 is 0. The van der Waals surface area contributed by atoms with Crippen molar-refractivity contribution < 1.29 is 13.2 Å². The van der Waals surface area contributed by atoms with Gasteiger partial charge in [-0.05, 0) is 42.4 Å². The number of aryl methyl sites for hydroxylation is 2. The number of amides is 1. The monoisotopic (exact) mass is 365 g/mol. The van der Waals surface area contributed by atoms with Crippen LogP contribution in [-0.2, 0) is 34.3 Å². The van der Waals surface area contributed by atoms with Gasteiger partial charge in [0.1, 0.15) is 0 Å². The molecule has 0 bridgehead atoms. The van der Waals surface area contributed by atoms with Crippen molar-refractivity contribution in [2.45, 2.75) is 32.1 Å². The van der Waals surface area contributed by atoms with Crippen molar-refractivity contribution in [2.24, 2.45) is 0 Å². The van der Waals surface area contributed by atoms with Gasteiger partial charge in [0, 0.05) is 40.3 Å². The zero-order valence-electron chi connectivity index (χ0n) is 15.1. The lowest BCUT2D eigenvalue weighted by molar-refractivity contribution is -0.130. The maximum absolute atomic E-state index is 12.7. The van der Waals surface area contributed by atoms with Crippen LogP contribution in [0.3, 0.4) is 0 Å². The van der Waals surface area contributed by atoms with Crippen LogP contribution in [0.1, 0.15) is 29.5 Å². The maximum atomic E-state index is 12.7. The molecule has 6 nitrogen and oxygen atoms in total. The molecule has 1 aromatic rings. The molecule has 0 unspecified atom stereocenters. The van der Waals surface area contributed by atoms with Crippen molar-refractivity contribution in [3.8, 4) is 0 Å². The van der Waals surface area contributed by atoms with Crippen molar-refractivity contribution in [2.75, 3.05) is 40.3 Å². The summed E-state index contributed by atoms with van der Waals surface area (Å²) in [5.41, 5.74) is 3.85. The molecule has 1 aromatic carbocycles. The zero-order valence-corrected chi connectivity index (χ0v) is 15.9. The molecule has 0 saturated carbocycles. The molecular weight excluding hydrogens is 338 g/mol. The molecule has 0 spiro atoms. The van der Waals surface area contributed by atoms with Crippen LogP contribution in [0.15, 0.2) is 18.2 Å². The minimum absolute atomic E-state index is 0.0852. The molecule has 0 atom stereocenters. The Morgan fingerprint density at radius 2 is 1.80 bits per heavy atom. The Hall–Kier alpha value is -1.44. The fraction of sp³-hybridized carbons (Fsp3) is 0.611. The van der Waals surface area contributed by atoms with Gasteiger partial charge >= 0.3 is 0 Å². The van der Waals surface area contributed by atoms with Crippen molar-refractivity contribution in [1.82, 2.24) is 13.5 Å². The zero-order chi connectivity index (χ0) is 18.0. The van der Waals surface area contributed by atoms with Crippen LogP contribution in [0.4, 0.5) is 0 Å². The second kappa shape index (κ2) is 7.43. The van der Waals surface area contributed by atoms with Gasteiger partial charge in [0.25, 0.3) is 10.2 Å². The Labute approximate surface area is 150 Å². The molecule has 7 heteroatoms. The van der Waals surface area contributed by atoms with Crippen LogP contribution in [0.5, 0.6) is 0 Å². The molecule has 0 N–H and O–H groups in total. The summed E-state index contributed by atoms with van der Waals surface area (Å²) in [5, 5.41) is 0. The summed E-state index contributed by atoms with van der Waals surface area (Å²) < 4.78 is 27.2. The second-order valence-corrected chi connectivity index (χ2v) is 9.20. The number of carbonyl (C=O) groups is 1. The summed E-state index contributed by atoms with van der Waals surface area (Å²) in [6.07, 6.45) is 4.52. The van der Waals surface area contributed by atoms with Gasteiger partial charge in [-0.25, -0.2) is 0 Å². The summed E-state index contributed by atoms with van der Waals surface area (Å²) in [6, 6.07) is 6.38. The minimum atomic E-state index is -3.41. The standard InChI is InChI=1S/C18H27N3O3S/c1-19(2)25(23,24)21-10-4-9-20(11-12-21)18(22)14-15-7-8-16-5-3-6-17(16)13-15/h7-8,13H,3-6,9-12,14H2,1-2H3. The van der Waals surface area contributed by atoms with Crippen molar-refractivity contribution >= 4 is 16.1 Å². The molecule has 1 fully saturated rings. The van der Waals surface area contributed by atoms with Gasteiger partial charge in [0.2, 0.25) is 5.91 Å². The molecule has 2 aliphatic rings. The van der Waals surface area contributed by atoms with E-state index in [0.717, 1.165) is 18.4 Å². The molecular formula is C18H27N3O3S. The van der Waals surface area contributed by atoms with E-state index in [1.54, 1.807) is 4.90 Å². The highest BCUT2D eigenvalue weighted by molar-refractivity contribution is 7.86. The third-order valence-corrected chi connectivity index (χ3v) is 7.05. The van der Waals surface area contributed by atoms with Crippen LogP contribution in [0, 0.1) is 0 Å². The Morgan fingerprint density at radius 3 is 2.56 bits per heavy atom. The summed E-state index contributed by atoms with van der Waals surface area (Å²) in [6.45, 7) is 1.89. The van der Waals surface area contributed by atoms with Crippen LogP contribution in [0.25, 0.3) is 0 Å². The fourth-order valence-electron chi connectivity index (χ4n) is 3.63. The number of fused-ring (bicyclic) bond motifs is 1. The summed E-state index contributed by atoms with van der Waals surface area (Å²) in [5.74, 6) is 0.0852. The van der Waals surface area contributed by atoms with Crippen LogP contribution < -0.4 is 0 Å². The molecule has 1 heterocycles. The predicted octanol–water partition coefficient (Wildman–Crippen LogP) is 1.06. The molecule has 1 aliphatic heterocycles. The van der Waals surface area contributed by atoms with E-state index in [1.807, 2.05) is 0 Å². The van der Waals surface area contributed by atoms with E-state index >= 15 is 0 Å². The van der Waals surface area contributed by atoms with Gasteiger partial charge in [0.15, 0.2) is 0 Å². The first-order valence-corrected chi connectivity index (χ1v) is 10.3. The van der Waals surface area contributed by atoms with Crippen molar-refractivity contribution in [3.05, 3.63) is 34.9 Å². The van der Waals surface area contributed by atoms with E-state index < -0.39 is 10.2 Å². The van der Waals surface area contributed by atoms with E-state index in [-0.39, 0.29) is 5.91 Å². The number of hydrogen-bond acceptors (Lipinski definition) is 3. The summed E-state index contributed by atoms with van der Waals surface area (Å²) in [7, 11) is -0.332. The van der Waals surface area contributed by atoms with Crippen LogP contribution in [-0.4, -0.2) is 68.1 Å². The van der Waals surface area contributed by atoms with Crippen LogP contribution >= 0.6 is 0 Å². The number of hydrogen-bond donors (Lipinski definition) is 0. The lowest BCUT2D eigenvalue weighted by atomic mass is 10.0. The van der Waals surface area contributed by atoms with E-state index in [4.69, 9.17) is 0 Å². The highest BCUT2D eigenvalue weighted by Gasteiger charge is 2.28. The molecule has 1 amide bonds. The average Bonchev–Trinajstić information content (AvgIpc) is 2.88. The lowest BCUT2D eigenvalue weighted by Crippen LogP contribution is -2.42. The first kappa shape index (κ1) is 18.4. The largest absolute Gasteiger partial charge is 0.341 e. The van der Waals surface area contributed by atoms with E-state index in [2.05, 4.69) is 18.2 Å². The van der Waals surface area contributed by atoms with E-state index in [1.165, 1.54) is 40.3 Å². The fourth-order valence-corrected chi connectivity index (χ4v) is 4.76. The topological polar surface area (TPSA) is 60.9 Å². The smallest absolute Gasteiger partial charge is 0.281 e. The van der Waals surface area contributed by atoms with Crippen LogP contribution in [0.2, 0.25) is 0 Å². The van der Waals surface area contributed by atoms with Gasteiger partial charge in [-0.3, -0.25) is 4.79 Å². The molecule has 3 rings (SSSR count). The van der Waals surface area contributed by atoms with Gasteiger partial charge in [-0.15, -0.1) is 0 Å². The van der Waals surface area contributed by atoms with Gasteiger partial charge in [0.05, 0.1) is 6.42 Å². The Kier molecular flexibility index (Phi) is 5.46. The second-order valence-electron chi connectivity index (χ2n) is 7.06. The van der Waals surface area contributed by atoms with Gasteiger partial charge in [-0.1, -0.05) is 18.2 Å². The maximum Gasteiger partial charge on any atom is 0.281 e. The number of rotatable bonds is 4. The Bertz CT molecular complexity index is 746. The predicted molar refractivity (Wildman–Crippen MR) is 97.5 cm³/mol. The Morgan fingerprint density at radius 1 is 1.04 bits per heavy atom.